The van der Waals surface area contributed by atoms with Gasteiger partial charge in [0.2, 0.25) is 0 Å². The van der Waals surface area contributed by atoms with E-state index >= 15 is 0 Å². The fourth-order valence-electron chi connectivity index (χ4n) is 1.06. The summed E-state index contributed by atoms with van der Waals surface area (Å²) >= 11 is 4.11. The second kappa shape index (κ2) is 12.2. The van der Waals surface area contributed by atoms with Crippen molar-refractivity contribution in [3.05, 3.63) is 0 Å². The SMILES string of the molecule is NCCCCNCCCNCCS. The number of nitrogens with two attached hydrogens (primary N) is 1. The van der Waals surface area contributed by atoms with Crippen molar-refractivity contribution in [3.63, 3.8) is 0 Å². The summed E-state index contributed by atoms with van der Waals surface area (Å²) in [5.41, 5.74) is 5.38. The standard InChI is InChI=1S/C9H23N3S/c10-4-1-2-5-11-6-3-7-12-8-9-13/h11-13H,1-10H2. The van der Waals surface area contributed by atoms with E-state index in [-0.39, 0.29) is 0 Å². The molecule has 0 bridgehead atoms. The molecule has 0 saturated carbocycles. The molecular weight excluding hydrogens is 182 g/mol. The van der Waals surface area contributed by atoms with E-state index in [4.69, 9.17) is 5.73 Å². The highest BCUT2D eigenvalue weighted by Gasteiger charge is 1.88. The van der Waals surface area contributed by atoms with Gasteiger partial charge in [-0.25, -0.2) is 0 Å². The Morgan fingerprint density at radius 2 is 1.46 bits per heavy atom. The molecule has 0 aliphatic carbocycles. The first-order valence-electron chi connectivity index (χ1n) is 5.14. The maximum atomic E-state index is 5.38. The van der Waals surface area contributed by atoms with E-state index in [9.17, 15) is 0 Å². The first-order valence-corrected chi connectivity index (χ1v) is 5.77. The van der Waals surface area contributed by atoms with Gasteiger partial charge in [0.25, 0.3) is 0 Å². The van der Waals surface area contributed by atoms with Crippen LogP contribution >= 0.6 is 12.6 Å². The van der Waals surface area contributed by atoms with Crippen LogP contribution in [0.25, 0.3) is 0 Å². The smallest absolute Gasteiger partial charge is 0.00397 e. The molecule has 0 unspecified atom stereocenters. The number of unbranched alkanes of at least 4 members (excludes halogenated alkanes) is 1. The zero-order chi connectivity index (χ0) is 9.78. The molecule has 0 aromatic rings. The van der Waals surface area contributed by atoms with Crippen LogP contribution in [0.2, 0.25) is 0 Å². The Bertz CT molecular complexity index is 80.9. The molecule has 0 aliphatic heterocycles. The summed E-state index contributed by atoms with van der Waals surface area (Å²) in [6, 6.07) is 0. The van der Waals surface area contributed by atoms with Gasteiger partial charge >= 0.3 is 0 Å². The first-order chi connectivity index (χ1) is 6.41. The summed E-state index contributed by atoms with van der Waals surface area (Å²) < 4.78 is 0. The number of thiol groups is 1. The predicted octanol–water partition coefficient (Wildman–Crippen LogP) is 0.224. The molecule has 0 aromatic heterocycles. The molecule has 0 radical (unpaired) electrons. The monoisotopic (exact) mass is 205 g/mol. The summed E-state index contributed by atoms with van der Waals surface area (Å²) in [7, 11) is 0. The molecule has 4 heteroatoms. The van der Waals surface area contributed by atoms with Crippen molar-refractivity contribution in [1.29, 1.82) is 0 Å². The molecule has 0 aliphatic rings. The summed E-state index contributed by atoms with van der Waals surface area (Å²) in [6.45, 7) is 5.11. The maximum Gasteiger partial charge on any atom is 0.00397 e. The third-order valence-electron chi connectivity index (χ3n) is 1.80. The van der Waals surface area contributed by atoms with Crippen LogP contribution in [0.4, 0.5) is 0 Å². The number of rotatable bonds is 10. The zero-order valence-electron chi connectivity index (χ0n) is 8.39. The second-order valence-corrected chi connectivity index (χ2v) is 3.52. The average molecular weight is 205 g/mol. The van der Waals surface area contributed by atoms with E-state index in [1.165, 1.54) is 12.8 Å². The largest absolute Gasteiger partial charge is 0.330 e. The van der Waals surface area contributed by atoms with Gasteiger partial charge < -0.3 is 16.4 Å². The lowest BCUT2D eigenvalue weighted by molar-refractivity contribution is 0.584. The van der Waals surface area contributed by atoms with E-state index in [2.05, 4.69) is 23.3 Å². The van der Waals surface area contributed by atoms with Crippen LogP contribution in [-0.4, -0.2) is 38.5 Å². The Hall–Kier alpha value is 0.230. The number of nitrogens with one attached hydrogen (secondary N) is 2. The van der Waals surface area contributed by atoms with Gasteiger partial charge in [0.05, 0.1) is 0 Å². The minimum atomic E-state index is 0.811. The van der Waals surface area contributed by atoms with E-state index in [0.29, 0.717) is 0 Å². The van der Waals surface area contributed by atoms with Crippen LogP contribution in [0.1, 0.15) is 19.3 Å². The van der Waals surface area contributed by atoms with Crippen molar-refractivity contribution in [3.8, 4) is 0 Å². The van der Waals surface area contributed by atoms with E-state index < -0.39 is 0 Å². The Balaban J connectivity index is 2.76. The van der Waals surface area contributed by atoms with Gasteiger partial charge in [0, 0.05) is 12.3 Å². The predicted molar refractivity (Wildman–Crippen MR) is 62.5 cm³/mol. The fraction of sp³-hybridized carbons (Fsp3) is 1.00. The highest BCUT2D eigenvalue weighted by molar-refractivity contribution is 7.80. The van der Waals surface area contributed by atoms with Crippen molar-refractivity contribution in [2.45, 2.75) is 19.3 Å². The van der Waals surface area contributed by atoms with Gasteiger partial charge in [0.15, 0.2) is 0 Å². The minimum Gasteiger partial charge on any atom is -0.330 e. The minimum absolute atomic E-state index is 0.811. The fourth-order valence-corrected chi connectivity index (χ4v) is 1.22. The molecule has 4 N–H and O–H groups in total. The van der Waals surface area contributed by atoms with E-state index in [0.717, 1.165) is 44.9 Å². The van der Waals surface area contributed by atoms with Gasteiger partial charge in [-0.15, -0.1) is 0 Å². The lowest BCUT2D eigenvalue weighted by Gasteiger charge is -2.04. The highest BCUT2D eigenvalue weighted by Crippen LogP contribution is 1.82. The van der Waals surface area contributed by atoms with Gasteiger partial charge in [-0.3, -0.25) is 0 Å². The first kappa shape index (κ1) is 13.2. The molecule has 3 nitrogen and oxygen atoms in total. The van der Waals surface area contributed by atoms with Crippen LogP contribution in [-0.2, 0) is 0 Å². The molecule has 80 valence electrons. The maximum absolute atomic E-state index is 5.38. The molecule has 0 spiro atoms. The van der Waals surface area contributed by atoms with Crippen molar-refractivity contribution >= 4 is 12.6 Å². The van der Waals surface area contributed by atoms with Gasteiger partial charge in [-0.2, -0.15) is 12.6 Å². The van der Waals surface area contributed by atoms with Crippen LogP contribution in [0.3, 0.4) is 0 Å². The van der Waals surface area contributed by atoms with Crippen LogP contribution in [0.15, 0.2) is 0 Å². The Morgan fingerprint density at radius 1 is 0.846 bits per heavy atom. The Labute approximate surface area is 87.3 Å². The Kier molecular flexibility index (Phi) is 12.4. The quantitative estimate of drug-likeness (QED) is 0.305. The molecule has 0 atom stereocenters. The molecule has 0 fully saturated rings. The lowest BCUT2D eigenvalue weighted by Crippen LogP contribution is -2.24. The molecule has 0 aromatic carbocycles. The average Bonchev–Trinajstić information content (AvgIpc) is 2.16. The van der Waals surface area contributed by atoms with Crippen molar-refractivity contribution in [1.82, 2.24) is 10.6 Å². The summed E-state index contributed by atoms with van der Waals surface area (Å²) in [4.78, 5) is 0. The molecule has 0 amide bonds. The topological polar surface area (TPSA) is 50.1 Å². The molecule has 0 heterocycles. The van der Waals surface area contributed by atoms with Crippen LogP contribution < -0.4 is 16.4 Å². The third-order valence-corrected chi connectivity index (χ3v) is 2.03. The molecule has 13 heavy (non-hydrogen) atoms. The van der Waals surface area contributed by atoms with Crippen LogP contribution in [0.5, 0.6) is 0 Å². The Morgan fingerprint density at radius 3 is 2.08 bits per heavy atom. The number of hydrogen-bond donors (Lipinski definition) is 4. The van der Waals surface area contributed by atoms with E-state index in [1.807, 2.05) is 0 Å². The van der Waals surface area contributed by atoms with Gasteiger partial charge in [-0.05, 0) is 45.4 Å². The number of hydrogen-bond acceptors (Lipinski definition) is 4. The molecule has 0 saturated heterocycles. The summed E-state index contributed by atoms with van der Waals surface area (Å²) in [5.74, 6) is 0.921. The second-order valence-electron chi connectivity index (χ2n) is 3.07. The van der Waals surface area contributed by atoms with Gasteiger partial charge in [0.1, 0.15) is 0 Å². The van der Waals surface area contributed by atoms with Crippen molar-refractivity contribution in [2.75, 3.05) is 38.5 Å². The zero-order valence-corrected chi connectivity index (χ0v) is 9.28. The third kappa shape index (κ3) is 12.2. The molecular formula is C9H23N3S. The van der Waals surface area contributed by atoms with Crippen molar-refractivity contribution < 1.29 is 0 Å². The van der Waals surface area contributed by atoms with Crippen molar-refractivity contribution in [2.24, 2.45) is 5.73 Å². The lowest BCUT2D eigenvalue weighted by atomic mass is 10.3. The van der Waals surface area contributed by atoms with Crippen LogP contribution in [0, 0.1) is 0 Å². The highest BCUT2D eigenvalue weighted by atomic mass is 32.1. The van der Waals surface area contributed by atoms with Gasteiger partial charge in [-0.1, -0.05) is 0 Å². The normalized spacial score (nSPS) is 10.6. The summed E-state index contributed by atoms with van der Waals surface area (Å²) in [5, 5.41) is 6.68. The van der Waals surface area contributed by atoms with E-state index in [1.54, 1.807) is 0 Å². The molecule has 0 rings (SSSR count). The summed E-state index contributed by atoms with van der Waals surface area (Å²) in [6.07, 6.45) is 3.52.